The van der Waals surface area contributed by atoms with Crippen LogP contribution in [0.25, 0.3) is 0 Å². The van der Waals surface area contributed by atoms with Gasteiger partial charge in [-0.05, 0) is 25.7 Å². The zero-order valence-corrected chi connectivity index (χ0v) is 9.85. The van der Waals surface area contributed by atoms with E-state index < -0.39 is 24.0 Å². The Morgan fingerprint density at radius 2 is 2.19 bits per heavy atom. The maximum Gasteiger partial charge on any atom is 0.320 e. The summed E-state index contributed by atoms with van der Waals surface area (Å²) < 4.78 is 0. The Labute approximate surface area is 95.6 Å². The van der Waals surface area contributed by atoms with Gasteiger partial charge in [0.05, 0.1) is 6.04 Å². The Morgan fingerprint density at radius 3 is 2.62 bits per heavy atom. The average molecular weight is 228 g/mol. The van der Waals surface area contributed by atoms with E-state index in [4.69, 9.17) is 10.8 Å². The number of amides is 1. The van der Waals surface area contributed by atoms with Gasteiger partial charge in [-0.25, -0.2) is 0 Å². The molecule has 5 heteroatoms. The number of likely N-dealkylation sites (tertiary alicyclic amines) is 1. The number of hydrogen-bond acceptors (Lipinski definition) is 3. The summed E-state index contributed by atoms with van der Waals surface area (Å²) in [5, 5.41) is 9.16. The minimum absolute atomic E-state index is 0.442. The molecule has 3 atom stereocenters. The predicted molar refractivity (Wildman–Crippen MR) is 59.8 cm³/mol. The molecule has 1 heterocycles. The van der Waals surface area contributed by atoms with E-state index in [1.165, 1.54) is 0 Å². The highest BCUT2D eigenvalue weighted by atomic mass is 16.4. The lowest BCUT2D eigenvalue weighted by atomic mass is 9.88. The molecule has 1 saturated heterocycles. The van der Waals surface area contributed by atoms with Crippen molar-refractivity contribution >= 4 is 11.9 Å². The van der Waals surface area contributed by atoms with Gasteiger partial charge in [0.25, 0.3) is 0 Å². The van der Waals surface area contributed by atoms with Gasteiger partial charge in [0.2, 0.25) is 5.91 Å². The van der Waals surface area contributed by atoms with E-state index in [9.17, 15) is 9.59 Å². The van der Waals surface area contributed by atoms with E-state index in [0.29, 0.717) is 18.9 Å². The first-order valence-electron chi connectivity index (χ1n) is 5.75. The lowest BCUT2D eigenvalue weighted by Gasteiger charge is -2.39. The number of carboxylic acid groups (broad SMARTS) is 1. The van der Waals surface area contributed by atoms with Crippen molar-refractivity contribution < 1.29 is 14.7 Å². The number of aliphatic carboxylic acids is 1. The lowest BCUT2D eigenvalue weighted by Crippen LogP contribution is -2.54. The lowest BCUT2D eigenvalue weighted by molar-refractivity contribution is -0.147. The van der Waals surface area contributed by atoms with Gasteiger partial charge in [-0.15, -0.1) is 0 Å². The number of carbonyl (C=O) groups excluding carboxylic acids is 1. The molecule has 1 aliphatic rings. The minimum Gasteiger partial charge on any atom is -0.480 e. The third-order valence-electron chi connectivity index (χ3n) is 3.52. The maximum absolute atomic E-state index is 11.2. The van der Waals surface area contributed by atoms with Crippen molar-refractivity contribution in [3.63, 3.8) is 0 Å². The molecule has 1 fully saturated rings. The molecule has 0 radical (unpaired) electrons. The highest BCUT2D eigenvalue weighted by Gasteiger charge is 2.36. The number of piperidine rings is 1. The van der Waals surface area contributed by atoms with Gasteiger partial charge < -0.3 is 10.8 Å². The standard InChI is InChI=1S/C11H20N2O3/c1-3-8-4-5-13(7(2)10(12)14)9(6-8)11(15)16/h7-9H,3-6H2,1-2H3,(H2,12,14)(H,15,16). The molecule has 92 valence electrons. The number of nitrogens with two attached hydrogens (primary N) is 1. The molecular weight excluding hydrogens is 208 g/mol. The van der Waals surface area contributed by atoms with Crippen molar-refractivity contribution in [2.45, 2.75) is 45.2 Å². The number of hydrogen-bond donors (Lipinski definition) is 2. The van der Waals surface area contributed by atoms with Crippen molar-refractivity contribution in [1.82, 2.24) is 4.90 Å². The van der Waals surface area contributed by atoms with Crippen LogP contribution in [-0.2, 0) is 9.59 Å². The quantitative estimate of drug-likeness (QED) is 0.731. The molecule has 0 aromatic carbocycles. The van der Waals surface area contributed by atoms with Crippen molar-refractivity contribution in [2.75, 3.05) is 6.54 Å². The Hall–Kier alpha value is -1.10. The fourth-order valence-corrected chi connectivity index (χ4v) is 2.30. The summed E-state index contributed by atoms with van der Waals surface area (Å²) in [5.41, 5.74) is 5.22. The molecule has 1 aliphatic heterocycles. The fraction of sp³-hybridized carbons (Fsp3) is 0.818. The van der Waals surface area contributed by atoms with Crippen LogP contribution in [0.2, 0.25) is 0 Å². The molecule has 16 heavy (non-hydrogen) atoms. The minimum atomic E-state index is -0.855. The van der Waals surface area contributed by atoms with E-state index in [0.717, 1.165) is 12.8 Å². The zero-order chi connectivity index (χ0) is 12.3. The maximum atomic E-state index is 11.2. The molecule has 3 N–H and O–H groups in total. The molecule has 0 saturated carbocycles. The predicted octanol–water partition coefficient (Wildman–Crippen LogP) is 0.435. The highest BCUT2D eigenvalue weighted by molar-refractivity contribution is 5.81. The molecule has 0 aliphatic carbocycles. The third-order valence-corrected chi connectivity index (χ3v) is 3.52. The first kappa shape index (κ1) is 13.0. The van der Waals surface area contributed by atoms with Gasteiger partial charge >= 0.3 is 5.97 Å². The largest absolute Gasteiger partial charge is 0.480 e. The third kappa shape index (κ3) is 2.72. The van der Waals surface area contributed by atoms with Crippen LogP contribution >= 0.6 is 0 Å². The molecule has 0 spiro atoms. The number of primary amides is 1. The molecule has 0 bridgehead atoms. The molecule has 0 aromatic heterocycles. The normalized spacial score (nSPS) is 28.6. The summed E-state index contributed by atoms with van der Waals surface area (Å²) in [6, 6.07) is -1.07. The molecule has 1 amide bonds. The second-order valence-corrected chi connectivity index (χ2v) is 4.47. The SMILES string of the molecule is CCC1CCN(C(C)C(N)=O)C(C(=O)O)C1. The summed E-state index contributed by atoms with van der Waals surface area (Å²) in [5.74, 6) is -0.870. The van der Waals surface area contributed by atoms with Crippen molar-refractivity contribution in [3.05, 3.63) is 0 Å². The van der Waals surface area contributed by atoms with Gasteiger partial charge in [0, 0.05) is 6.54 Å². The Balaban J connectivity index is 2.76. The molecule has 1 rings (SSSR count). The molecule has 5 nitrogen and oxygen atoms in total. The van der Waals surface area contributed by atoms with E-state index >= 15 is 0 Å². The first-order valence-corrected chi connectivity index (χ1v) is 5.75. The topological polar surface area (TPSA) is 83.6 Å². The Bertz CT molecular complexity index is 280. The zero-order valence-electron chi connectivity index (χ0n) is 9.85. The summed E-state index contributed by atoms with van der Waals surface area (Å²) in [6.45, 7) is 4.38. The molecular formula is C11H20N2O3. The average Bonchev–Trinajstić information content (AvgIpc) is 2.26. The van der Waals surface area contributed by atoms with Gasteiger partial charge in [-0.2, -0.15) is 0 Å². The highest BCUT2D eigenvalue weighted by Crippen LogP contribution is 2.26. The second-order valence-electron chi connectivity index (χ2n) is 4.47. The fourth-order valence-electron chi connectivity index (χ4n) is 2.30. The van der Waals surface area contributed by atoms with Crippen LogP contribution in [0, 0.1) is 5.92 Å². The van der Waals surface area contributed by atoms with E-state index in [2.05, 4.69) is 6.92 Å². The molecule has 3 unspecified atom stereocenters. The van der Waals surface area contributed by atoms with Crippen LogP contribution in [0.1, 0.15) is 33.1 Å². The van der Waals surface area contributed by atoms with Crippen LogP contribution in [0.3, 0.4) is 0 Å². The number of carbonyl (C=O) groups is 2. The van der Waals surface area contributed by atoms with E-state index in [-0.39, 0.29) is 0 Å². The van der Waals surface area contributed by atoms with Gasteiger partial charge in [0.15, 0.2) is 0 Å². The summed E-state index contributed by atoms with van der Waals surface area (Å²) in [4.78, 5) is 24.0. The van der Waals surface area contributed by atoms with Gasteiger partial charge in [0.1, 0.15) is 6.04 Å². The van der Waals surface area contributed by atoms with E-state index in [1.54, 1.807) is 11.8 Å². The Morgan fingerprint density at radius 1 is 1.56 bits per heavy atom. The summed E-state index contributed by atoms with van der Waals surface area (Å²) in [6.07, 6.45) is 2.55. The van der Waals surface area contributed by atoms with Crippen molar-refractivity contribution in [2.24, 2.45) is 11.7 Å². The first-order chi connectivity index (χ1) is 7.47. The summed E-state index contributed by atoms with van der Waals surface area (Å²) >= 11 is 0. The summed E-state index contributed by atoms with van der Waals surface area (Å²) in [7, 11) is 0. The number of nitrogens with zero attached hydrogens (tertiary/aromatic N) is 1. The second kappa shape index (κ2) is 5.30. The van der Waals surface area contributed by atoms with Crippen LogP contribution in [0.5, 0.6) is 0 Å². The van der Waals surface area contributed by atoms with Crippen LogP contribution in [-0.4, -0.2) is 40.5 Å². The smallest absolute Gasteiger partial charge is 0.320 e. The van der Waals surface area contributed by atoms with Gasteiger partial charge in [-0.1, -0.05) is 13.3 Å². The van der Waals surface area contributed by atoms with E-state index in [1.807, 2.05) is 0 Å². The molecule has 0 aromatic rings. The monoisotopic (exact) mass is 228 g/mol. The van der Waals surface area contributed by atoms with Crippen LogP contribution < -0.4 is 5.73 Å². The van der Waals surface area contributed by atoms with Gasteiger partial charge in [-0.3, -0.25) is 14.5 Å². The van der Waals surface area contributed by atoms with Crippen LogP contribution in [0.4, 0.5) is 0 Å². The van der Waals surface area contributed by atoms with Crippen molar-refractivity contribution in [3.8, 4) is 0 Å². The number of rotatable bonds is 4. The Kier molecular flexibility index (Phi) is 4.29. The van der Waals surface area contributed by atoms with Crippen LogP contribution in [0.15, 0.2) is 0 Å². The van der Waals surface area contributed by atoms with Crippen molar-refractivity contribution in [1.29, 1.82) is 0 Å². The number of carboxylic acids is 1.